The van der Waals surface area contributed by atoms with Crippen molar-refractivity contribution >= 4 is 29.0 Å². The van der Waals surface area contributed by atoms with Crippen LogP contribution in [-0.4, -0.2) is 28.8 Å². The number of carboxylic acid groups (broad SMARTS) is 1. The molecule has 0 saturated heterocycles. The van der Waals surface area contributed by atoms with E-state index in [1.54, 1.807) is 5.38 Å². The van der Waals surface area contributed by atoms with Crippen LogP contribution >= 0.6 is 11.3 Å². The maximum atomic E-state index is 11.8. The molecule has 1 amide bonds. The molecule has 1 aromatic heterocycles. The molecule has 0 saturated carbocycles. The van der Waals surface area contributed by atoms with Crippen molar-refractivity contribution in [3.63, 3.8) is 0 Å². The van der Waals surface area contributed by atoms with Crippen molar-refractivity contribution in [1.82, 2.24) is 5.32 Å². The third-order valence-electron chi connectivity index (χ3n) is 2.41. The fourth-order valence-electron chi connectivity index (χ4n) is 1.42. The summed E-state index contributed by atoms with van der Waals surface area (Å²) in [6.45, 7) is 3.27. The van der Waals surface area contributed by atoms with Crippen molar-refractivity contribution in [2.45, 2.75) is 32.7 Å². The summed E-state index contributed by atoms with van der Waals surface area (Å²) in [5, 5.41) is 13.0. The molecule has 2 N–H and O–H groups in total. The van der Waals surface area contributed by atoms with Crippen molar-refractivity contribution < 1.29 is 19.5 Å². The zero-order chi connectivity index (χ0) is 13.7. The van der Waals surface area contributed by atoms with Crippen molar-refractivity contribution in [3.05, 3.63) is 21.9 Å². The Labute approximate surface area is 109 Å². The average molecular weight is 269 g/mol. The smallest absolute Gasteiger partial charge is 0.326 e. The monoisotopic (exact) mass is 269 g/mol. The number of Topliss-reactive ketones (excluding diaryl/α,β-unsaturated/α-hetero) is 1. The third-order valence-corrected chi connectivity index (χ3v) is 3.34. The number of amides is 1. The fourth-order valence-corrected chi connectivity index (χ4v) is 2.26. The van der Waals surface area contributed by atoms with Crippen molar-refractivity contribution in [2.24, 2.45) is 0 Å². The molecule has 1 atom stereocenters. The van der Waals surface area contributed by atoms with Crippen LogP contribution in [0.2, 0.25) is 0 Å². The predicted molar refractivity (Wildman–Crippen MR) is 68.1 cm³/mol. The van der Waals surface area contributed by atoms with Gasteiger partial charge in [-0.3, -0.25) is 9.59 Å². The molecule has 6 heteroatoms. The second-order valence-corrected chi connectivity index (χ2v) is 4.82. The summed E-state index contributed by atoms with van der Waals surface area (Å²) in [6, 6.07) is 0.595. The summed E-state index contributed by atoms with van der Waals surface area (Å²) in [6.07, 6.45) is 1.05. The molecule has 0 aromatic carbocycles. The van der Waals surface area contributed by atoms with E-state index < -0.39 is 17.9 Å². The molecular formula is C12H15NO4S. The summed E-state index contributed by atoms with van der Waals surface area (Å²) >= 11 is 1.13. The molecule has 0 bridgehead atoms. The van der Waals surface area contributed by atoms with Crippen LogP contribution in [0.5, 0.6) is 0 Å². The van der Waals surface area contributed by atoms with Gasteiger partial charge in [-0.25, -0.2) is 4.79 Å². The Hall–Kier alpha value is -1.69. The quantitative estimate of drug-likeness (QED) is 0.773. The molecule has 1 heterocycles. The van der Waals surface area contributed by atoms with E-state index in [1.165, 1.54) is 13.0 Å². The van der Waals surface area contributed by atoms with E-state index in [1.807, 2.05) is 6.92 Å². The van der Waals surface area contributed by atoms with Gasteiger partial charge in [-0.15, -0.1) is 11.3 Å². The van der Waals surface area contributed by atoms with Crippen LogP contribution in [0.3, 0.4) is 0 Å². The maximum Gasteiger partial charge on any atom is 0.326 e. The minimum atomic E-state index is -1.05. The topological polar surface area (TPSA) is 83.5 Å². The molecule has 98 valence electrons. The molecule has 18 heavy (non-hydrogen) atoms. The zero-order valence-corrected chi connectivity index (χ0v) is 11.0. The van der Waals surface area contributed by atoms with Crippen LogP contribution in [0.15, 0.2) is 11.4 Å². The van der Waals surface area contributed by atoms with Gasteiger partial charge in [0.15, 0.2) is 5.78 Å². The molecular weight excluding hydrogens is 254 g/mol. The van der Waals surface area contributed by atoms with Gasteiger partial charge in [-0.1, -0.05) is 13.3 Å². The first-order valence-corrected chi connectivity index (χ1v) is 6.46. The minimum Gasteiger partial charge on any atom is -0.480 e. The molecule has 0 fully saturated rings. The first kappa shape index (κ1) is 14.4. The molecule has 1 unspecified atom stereocenters. The highest BCUT2D eigenvalue weighted by molar-refractivity contribution is 7.12. The minimum absolute atomic E-state index is 0.117. The van der Waals surface area contributed by atoms with Gasteiger partial charge in [-0.05, 0) is 19.4 Å². The molecule has 1 aromatic rings. The summed E-state index contributed by atoms with van der Waals surface area (Å²) < 4.78 is 0. The largest absolute Gasteiger partial charge is 0.480 e. The standard InChI is InChI=1S/C12H15NO4S/c1-3-4-9(12(16)17)13-11(15)10-5-8(6-18-10)7(2)14/h5-6,9H,3-4H2,1-2H3,(H,13,15)(H,16,17). The van der Waals surface area contributed by atoms with Crippen LogP contribution in [0.4, 0.5) is 0 Å². The van der Waals surface area contributed by atoms with Gasteiger partial charge in [0.05, 0.1) is 4.88 Å². The normalized spacial score (nSPS) is 11.9. The average Bonchev–Trinajstić information content (AvgIpc) is 2.77. The number of carbonyl (C=O) groups excluding carboxylic acids is 2. The van der Waals surface area contributed by atoms with E-state index in [9.17, 15) is 14.4 Å². The molecule has 0 aliphatic heterocycles. The fraction of sp³-hybridized carbons (Fsp3) is 0.417. The van der Waals surface area contributed by atoms with Gasteiger partial charge in [-0.2, -0.15) is 0 Å². The van der Waals surface area contributed by atoms with Gasteiger partial charge in [0.2, 0.25) is 0 Å². The van der Waals surface area contributed by atoms with Crippen molar-refractivity contribution in [3.8, 4) is 0 Å². The second-order valence-electron chi connectivity index (χ2n) is 3.91. The lowest BCUT2D eigenvalue weighted by Gasteiger charge is -2.12. The highest BCUT2D eigenvalue weighted by atomic mass is 32.1. The highest BCUT2D eigenvalue weighted by Crippen LogP contribution is 2.15. The van der Waals surface area contributed by atoms with Crippen LogP contribution in [0.1, 0.15) is 46.7 Å². The second kappa shape index (κ2) is 6.30. The number of carbonyl (C=O) groups is 3. The van der Waals surface area contributed by atoms with E-state index in [-0.39, 0.29) is 5.78 Å². The van der Waals surface area contributed by atoms with Gasteiger partial charge in [0.1, 0.15) is 6.04 Å². The molecule has 5 nitrogen and oxygen atoms in total. The van der Waals surface area contributed by atoms with Crippen molar-refractivity contribution in [2.75, 3.05) is 0 Å². The molecule has 0 aliphatic carbocycles. The number of hydrogen-bond donors (Lipinski definition) is 2. The van der Waals surface area contributed by atoms with E-state index in [2.05, 4.69) is 5.32 Å². The molecule has 1 rings (SSSR count). The first-order chi connectivity index (χ1) is 8.45. The van der Waals surface area contributed by atoms with Gasteiger partial charge >= 0.3 is 5.97 Å². The summed E-state index contributed by atoms with van der Waals surface area (Å²) in [5.74, 6) is -1.62. The van der Waals surface area contributed by atoms with E-state index in [4.69, 9.17) is 5.11 Å². The van der Waals surface area contributed by atoms with Crippen LogP contribution in [0, 0.1) is 0 Å². The van der Waals surface area contributed by atoms with Crippen molar-refractivity contribution in [1.29, 1.82) is 0 Å². The number of nitrogens with one attached hydrogen (secondary N) is 1. The maximum absolute atomic E-state index is 11.8. The Morgan fingerprint density at radius 3 is 2.56 bits per heavy atom. The zero-order valence-electron chi connectivity index (χ0n) is 10.2. The Bertz CT molecular complexity index is 466. The van der Waals surface area contributed by atoms with Gasteiger partial charge in [0.25, 0.3) is 5.91 Å². The number of rotatable bonds is 6. The number of hydrogen-bond acceptors (Lipinski definition) is 4. The Morgan fingerprint density at radius 1 is 1.44 bits per heavy atom. The van der Waals surface area contributed by atoms with Gasteiger partial charge in [0, 0.05) is 10.9 Å². The van der Waals surface area contributed by atoms with E-state index in [0.29, 0.717) is 23.3 Å². The Morgan fingerprint density at radius 2 is 2.11 bits per heavy atom. The van der Waals surface area contributed by atoms with Gasteiger partial charge < -0.3 is 10.4 Å². The van der Waals surface area contributed by atoms with Crippen LogP contribution < -0.4 is 5.32 Å². The summed E-state index contributed by atoms with van der Waals surface area (Å²) in [5.41, 5.74) is 0.465. The predicted octanol–water partition coefficient (Wildman–Crippen LogP) is 1.93. The lowest BCUT2D eigenvalue weighted by molar-refractivity contribution is -0.139. The van der Waals surface area contributed by atoms with E-state index in [0.717, 1.165) is 11.3 Å². The highest BCUT2D eigenvalue weighted by Gasteiger charge is 2.20. The molecule has 0 radical (unpaired) electrons. The number of aliphatic carboxylic acids is 1. The molecule has 0 spiro atoms. The first-order valence-electron chi connectivity index (χ1n) is 5.58. The number of ketones is 1. The van der Waals surface area contributed by atoms with Crippen LogP contribution in [-0.2, 0) is 4.79 Å². The Balaban J connectivity index is 2.74. The Kier molecular flexibility index (Phi) is 5.03. The number of thiophene rings is 1. The van der Waals surface area contributed by atoms with E-state index >= 15 is 0 Å². The molecule has 0 aliphatic rings. The SMILES string of the molecule is CCCC(NC(=O)c1cc(C(C)=O)cs1)C(=O)O. The lowest BCUT2D eigenvalue weighted by Crippen LogP contribution is -2.40. The lowest BCUT2D eigenvalue weighted by atomic mass is 10.1. The van der Waals surface area contributed by atoms with Crippen LogP contribution in [0.25, 0.3) is 0 Å². The summed E-state index contributed by atoms with van der Waals surface area (Å²) in [4.78, 5) is 34.1. The number of carboxylic acids is 1. The summed E-state index contributed by atoms with van der Waals surface area (Å²) in [7, 11) is 0. The third kappa shape index (κ3) is 3.66.